The molecule has 11 heavy (non-hydrogen) atoms. The third-order valence-corrected chi connectivity index (χ3v) is 1.67. The number of amides is 1. The summed E-state index contributed by atoms with van der Waals surface area (Å²) < 4.78 is 0. The highest BCUT2D eigenvalue weighted by Gasteiger charge is 2.04. The first kappa shape index (κ1) is 10.4. The summed E-state index contributed by atoms with van der Waals surface area (Å²) in [6.45, 7) is 4.61. The molecule has 0 aromatic rings. The van der Waals surface area contributed by atoms with E-state index in [0.29, 0.717) is 23.9 Å². The molecule has 0 radical (unpaired) electrons. The van der Waals surface area contributed by atoms with Crippen molar-refractivity contribution in [2.75, 3.05) is 6.54 Å². The zero-order valence-electron chi connectivity index (χ0n) is 7.29. The number of hydrogen-bond donors (Lipinski definition) is 1. The fourth-order valence-electron chi connectivity index (χ4n) is 1.01. The van der Waals surface area contributed by atoms with Gasteiger partial charge in [-0.3, -0.25) is 10.0 Å². The first-order valence-electron chi connectivity index (χ1n) is 4.11. The second kappa shape index (κ2) is 6.16. The Morgan fingerprint density at radius 1 is 1.64 bits per heavy atom. The molecule has 1 N–H and O–H groups in total. The van der Waals surface area contributed by atoms with E-state index in [4.69, 9.17) is 5.21 Å². The predicted octanol–water partition coefficient (Wildman–Crippen LogP) is 1.66. The number of unbranched alkanes of at least 4 members (excludes halogenated alkanes) is 1. The first-order chi connectivity index (χ1) is 5.20. The second-order valence-corrected chi connectivity index (χ2v) is 2.97. The van der Waals surface area contributed by atoms with E-state index in [0.717, 1.165) is 19.3 Å². The molecule has 3 heteroatoms. The van der Waals surface area contributed by atoms with Gasteiger partial charge in [0, 0.05) is 0 Å². The van der Waals surface area contributed by atoms with E-state index in [9.17, 15) is 4.79 Å². The van der Waals surface area contributed by atoms with Gasteiger partial charge in [0.1, 0.15) is 0 Å². The summed E-state index contributed by atoms with van der Waals surface area (Å²) in [7, 11) is 0. The van der Waals surface area contributed by atoms with Crippen LogP contribution in [0, 0.1) is 5.92 Å². The van der Waals surface area contributed by atoms with Crippen molar-refractivity contribution >= 4 is 6.41 Å². The van der Waals surface area contributed by atoms with Gasteiger partial charge in [-0.05, 0) is 12.3 Å². The van der Waals surface area contributed by atoms with Crippen LogP contribution in [0.2, 0.25) is 0 Å². The topological polar surface area (TPSA) is 40.5 Å². The average Bonchev–Trinajstić information content (AvgIpc) is 2.00. The number of nitrogens with zero attached hydrogens (tertiary/aromatic N) is 1. The molecule has 0 fully saturated rings. The molecule has 0 aliphatic carbocycles. The van der Waals surface area contributed by atoms with Crippen molar-refractivity contribution in [1.82, 2.24) is 5.06 Å². The molecule has 0 heterocycles. The SMILES string of the molecule is CCCC[C@@H](C)CN(O)C=O. The van der Waals surface area contributed by atoms with Crippen LogP contribution in [-0.4, -0.2) is 23.2 Å². The van der Waals surface area contributed by atoms with Crippen molar-refractivity contribution < 1.29 is 10.0 Å². The first-order valence-corrected chi connectivity index (χ1v) is 4.11. The lowest BCUT2D eigenvalue weighted by Crippen LogP contribution is -2.23. The van der Waals surface area contributed by atoms with Gasteiger partial charge in [0.2, 0.25) is 6.41 Å². The van der Waals surface area contributed by atoms with Gasteiger partial charge in [-0.15, -0.1) is 0 Å². The third kappa shape index (κ3) is 5.85. The summed E-state index contributed by atoms with van der Waals surface area (Å²) in [5.41, 5.74) is 0. The minimum Gasteiger partial charge on any atom is -0.286 e. The third-order valence-electron chi connectivity index (χ3n) is 1.67. The van der Waals surface area contributed by atoms with Crippen molar-refractivity contribution in [2.45, 2.75) is 33.1 Å². The van der Waals surface area contributed by atoms with Crippen LogP contribution in [-0.2, 0) is 4.79 Å². The summed E-state index contributed by atoms with van der Waals surface area (Å²) in [6.07, 6.45) is 3.84. The molecule has 0 aliphatic rings. The molecular formula is C8H17NO2. The molecule has 0 unspecified atom stereocenters. The summed E-state index contributed by atoms with van der Waals surface area (Å²) in [4.78, 5) is 9.99. The summed E-state index contributed by atoms with van der Waals surface area (Å²) in [5, 5.41) is 9.50. The zero-order chi connectivity index (χ0) is 8.69. The van der Waals surface area contributed by atoms with Crippen LogP contribution in [0.5, 0.6) is 0 Å². The minimum absolute atomic E-state index is 0.394. The van der Waals surface area contributed by atoms with Crippen LogP contribution in [0.25, 0.3) is 0 Å². The lowest BCUT2D eigenvalue weighted by molar-refractivity contribution is -0.152. The smallest absolute Gasteiger partial charge is 0.233 e. The normalized spacial score (nSPS) is 12.6. The van der Waals surface area contributed by atoms with E-state index in [1.807, 2.05) is 6.92 Å². The van der Waals surface area contributed by atoms with Crippen LogP contribution in [0.1, 0.15) is 33.1 Å². The van der Waals surface area contributed by atoms with Crippen molar-refractivity contribution in [3.63, 3.8) is 0 Å². The van der Waals surface area contributed by atoms with Crippen LogP contribution in [0.15, 0.2) is 0 Å². The maximum absolute atomic E-state index is 9.99. The molecule has 0 bridgehead atoms. The molecule has 0 aromatic carbocycles. The molecule has 0 aromatic heterocycles. The highest BCUT2D eigenvalue weighted by atomic mass is 16.5. The highest BCUT2D eigenvalue weighted by molar-refractivity contribution is 5.44. The molecule has 0 saturated carbocycles. The fraction of sp³-hybridized carbons (Fsp3) is 0.875. The van der Waals surface area contributed by atoms with Gasteiger partial charge >= 0.3 is 0 Å². The van der Waals surface area contributed by atoms with Crippen LogP contribution in [0.3, 0.4) is 0 Å². The maximum Gasteiger partial charge on any atom is 0.233 e. The molecule has 0 rings (SSSR count). The van der Waals surface area contributed by atoms with Gasteiger partial charge in [0.25, 0.3) is 0 Å². The van der Waals surface area contributed by atoms with Gasteiger partial charge in [0.15, 0.2) is 0 Å². The summed E-state index contributed by atoms with van der Waals surface area (Å²) >= 11 is 0. The zero-order valence-corrected chi connectivity index (χ0v) is 7.29. The molecule has 1 atom stereocenters. The Bertz CT molecular complexity index is 106. The minimum atomic E-state index is 0.394. The molecule has 0 spiro atoms. The Morgan fingerprint density at radius 2 is 2.27 bits per heavy atom. The van der Waals surface area contributed by atoms with Crippen molar-refractivity contribution in [2.24, 2.45) is 5.92 Å². The van der Waals surface area contributed by atoms with Gasteiger partial charge in [-0.2, -0.15) is 0 Å². The lowest BCUT2D eigenvalue weighted by atomic mass is 10.0. The van der Waals surface area contributed by atoms with Crippen molar-refractivity contribution in [3.8, 4) is 0 Å². The van der Waals surface area contributed by atoms with E-state index in [-0.39, 0.29) is 0 Å². The Hall–Kier alpha value is -0.570. The summed E-state index contributed by atoms with van der Waals surface area (Å²) in [6, 6.07) is 0. The van der Waals surface area contributed by atoms with Gasteiger partial charge in [0.05, 0.1) is 6.54 Å². The number of carbonyl (C=O) groups excluding carboxylic acids is 1. The maximum atomic E-state index is 9.99. The Balaban J connectivity index is 3.34. The highest BCUT2D eigenvalue weighted by Crippen LogP contribution is 2.07. The van der Waals surface area contributed by atoms with Crippen molar-refractivity contribution in [3.05, 3.63) is 0 Å². The molecular weight excluding hydrogens is 142 g/mol. The lowest BCUT2D eigenvalue weighted by Gasteiger charge is -2.14. The molecule has 66 valence electrons. The monoisotopic (exact) mass is 159 g/mol. The molecule has 0 aliphatic heterocycles. The second-order valence-electron chi connectivity index (χ2n) is 2.97. The van der Waals surface area contributed by atoms with E-state index >= 15 is 0 Å². The number of hydroxylamine groups is 2. The molecule has 0 saturated heterocycles. The van der Waals surface area contributed by atoms with Crippen LogP contribution < -0.4 is 0 Å². The van der Waals surface area contributed by atoms with Gasteiger partial charge in [-0.1, -0.05) is 26.7 Å². The van der Waals surface area contributed by atoms with E-state index < -0.39 is 0 Å². The fourth-order valence-corrected chi connectivity index (χ4v) is 1.01. The number of rotatable bonds is 6. The van der Waals surface area contributed by atoms with E-state index in [1.165, 1.54) is 0 Å². The number of hydrogen-bond acceptors (Lipinski definition) is 2. The molecule has 3 nitrogen and oxygen atoms in total. The van der Waals surface area contributed by atoms with Crippen molar-refractivity contribution in [1.29, 1.82) is 0 Å². The van der Waals surface area contributed by atoms with Gasteiger partial charge in [-0.25, -0.2) is 5.06 Å². The predicted molar refractivity (Wildman–Crippen MR) is 43.2 cm³/mol. The Kier molecular flexibility index (Phi) is 5.84. The largest absolute Gasteiger partial charge is 0.286 e. The Labute approximate surface area is 68.0 Å². The molecule has 1 amide bonds. The number of carbonyl (C=O) groups is 1. The standard InChI is InChI=1S/C8H17NO2/c1-3-4-5-8(2)6-9(11)7-10/h7-8,11H,3-6H2,1-2H3/t8-/m1/s1. The van der Waals surface area contributed by atoms with Crippen LogP contribution in [0.4, 0.5) is 0 Å². The van der Waals surface area contributed by atoms with Crippen LogP contribution >= 0.6 is 0 Å². The van der Waals surface area contributed by atoms with E-state index in [2.05, 4.69) is 6.92 Å². The Morgan fingerprint density at radius 3 is 2.73 bits per heavy atom. The van der Waals surface area contributed by atoms with Gasteiger partial charge < -0.3 is 0 Å². The van der Waals surface area contributed by atoms with E-state index in [1.54, 1.807) is 0 Å². The summed E-state index contributed by atoms with van der Waals surface area (Å²) in [5.74, 6) is 0.394. The average molecular weight is 159 g/mol. The quantitative estimate of drug-likeness (QED) is 0.364.